The molecule has 30 heavy (non-hydrogen) atoms. The van der Waals surface area contributed by atoms with Gasteiger partial charge in [0.15, 0.2) is 5.43 Å². The molecule has 0 saturated heterocycles. The molecule has 0 N–H and O–H groups in total. The summed E-state index contributed by atoms with van der Waals surface area (Å²) in [5, 5.41) is 1.08. The molecule has 6 nitrogen and oxygen atoms in total. The van der Waals surface area contributed by atoms with Crippen molar-refractivity contribution >= 4 is 46.0 Å². The topological polar surface area (TPSA) is 76.3 Å². The summed E-state index contributed by atoms with van der Waals surface area (Å²) in [6.45, 7) is 1.89. The zero-order valence-electron chi connectivity index (χ0n) is 15.6. The Morgan fingerprint density at radius 1 is 1.00 bits per heavy atom. The van der Waals surface area contributed by atoms with Crippen LogP contribution in [0.3, 0.4) is 0 Å². The van der Waals surface area contributed by atoms with Crippen LogP contribution in [0.5, 0.6) is 0 Å². The molecule has 0 radical (unpaired) electrons. The molecule has 0 saturated carbocycles. The summed E-state index contributed by atoms with van der Waals surface area (Å²) in [6.07, 6.45) is 3.05. The molecule has 0 aliphatic carbocycles. The summed E-state index contributed by atoms with van der Waals surface area (Å²) in [6, 6.07) is 11.1. The van der Waals surface area contributed by atoms with E-state index in [-0.39, 0.29) is 22.7 Å². The second-order valence-corrected chi connectivity index (χ2v) is 7.79. The predicted octanol–water partition coefficient (Wildman–Crippen LogP) is 4.95. The molecule has 0 fully saturated rings. The van der Waals surface area contributed by atoms with Crippen LogP contribution in [-0.2, 0) is 0 Å². The normalized spacial score (nSPS) is 15.6. The van der Waals surface area contributed by atoms with E-state index < -0.39 is 11.9 Å². The number of benzene rings is 2. The SMILES string of the molecule is Cc1ccc2oc3c(c(=O)c2c1)C(c1ccc(Cl)c(Cl)c1)N(c1ncccn1)C3=O. The number of amides is 1. The Morgan fingerprint density at radius 3 is 2.50 bits per heavy atom. The van der Waals surface area contributed by atoms with Gasteiger partial charge in [0.2, 0.25) is 11.7 Å². The number of halogens is 2. The molecule has 4 aromatic rings. The third kappa shape index (κ3) is 2.80. The Kier molecular flexibility index (Phi) is 4.34. The number of aromatic nitrogens is 2. The van der Waals surface area contributed by atoms with E-state index in [0.717, 1.165) is 5.56 Å². The smallest absolute Gasteiger partial charge is 0.297 e. The summed E-state index contributed by atoms with van der Waals surface area (Å²) >= 11 is 12.3. The average molecular weight is 438 g/mol. The summed E-state index contributed by atoms with van der Waals surface area (Å²) in [5.74, 6) is -0.365. The second-order valence-electron chi connectivity index (χ2n) is 6.97. The van der Waals surface area contributed by atoms with Crippen LogP contribution in [0, 0.1) is 6.92 Å². The maximum atomic E-state index is 13.5. The maximum absolute atomic E-state index is 13.5. The standard InChI is InChI=1S/C22H13Cl2N3O3/c1-11-3-6-16-13(9-11)19(28)17-18(12-4-5-14(23)15(24)10-12)27(21(29)20(17)30-16)22-25-7-2-8-26-22/h2-10,18H,1H3. The van der Waals surface area contributed by atoms with Crippen molar-refractivity contribution in [2.24, 2.45) is 0 Å². The number of anilines is 1. The fraction of sp³-hybridized carbons (Fsp3) is 0.0909. The number of carbonyl (C=O) groups is 1. The van der Waals surface area contributed by atoms with E-state index in [1.54, 1.807) is 36.4 Å². The van der Waals surface area contributed by atoms with Gasteiger partial charge in [-0.25, -0.2) is 9.97 Å². The quantitative estimate of drug-likeness (QED) is 0.443. The van der Waals surface area contributed by atoms with Crippen molar-refractivity contribution in [3.05, 3.63) is 97.6 Å². The van der Waals surface area contributed by atoms with Gasteiger partial charge in [-0.15, -0.1) is 0 Å². The third-order valence-corrected chi connectivity index (χ3v) is 5.79. The Hall–Kier alpha value is -3.22. The Bertz CT molecular complexity index is 1390. The maximum Gasteiger partial charge on any atom is 0.297 e. The number of fused-ring (bicyclic) bond motifs is 2. The molecule has 1 aliphatic heterocycles. The Labute approximate surface area is 180 Å². The number of carbonyl (C=O) groups excluding carboxylic acids is 1. The number of nitrogens with zero attached hydrogens (tertiary/aromatic N) is 3. The largest absolute Gasteiger partial charge is 0.450 e. The lowest BCUT2D eigenvalue weighted by Crippen LogP contribution is -2.31. The lowest BCUT2D eigenvalue weighted by molar-refractivity contribution is 0.0969. The highest BCUT2D eigenvalue weighted by Crippen LogP contribution is 2.41. The van der Waals surface area contributed by atoms with E-state index in [2.05, 4.69) is 9.97 Å². The van der Waals surface area contributed by atoms with Crippen molar-refractivity contribution in [1.82, 2.24) is 9.97 Å². The van der Waals surface area contributed by atoms with Gasteiger partial charge < -0.3 is 4.42 Å². The molecule has 1 aliphatic rings. The van der Waals surface area contributed by atoms with E-state index >= 15 is 0 Å². The zero-order valence-corrected chi connectivity index (χ0v) is 17.1. The molecule has 5 rings (SSSR count). The fourth-order valence-corrected chi connectivity index (χ4v) is 4.01. The molecule has 2 aromatic heterocycles. The number of rotatable bonds is 2. The van der Waals surface area contributed by atoms with Crippen LogP contribution < -0.4 is 10.3 Å². The van der Waals surface area contributed by atoms with Gasteiger partial charge in [-0.05, 0) is 42.8 Å². The molecule has 148 valence electrons. The molecule has 1 atom stereocenters. The first-order chi connectivity index (χ1) is 14.5. The van der Waals surface area contributed by atoms with Crippen LogP contribution >= 0.6 is 23.2 Å². The second kappa shape index (κ2) is 6.93. The van der Waals surface area contributed by atoms with Gasteiger partial charge in [0.25, 0.3) is 5.91 Å². The van der Waals surface area contributed by atoms with Crippen molar-refractivity contribution in [3.8, 4) is 0 Å². The minimum atomic E-state index is -0.800. The highest BCUT2D eigenvalue weighted by molar-refractivity contribution is 6.42. The minimum absolute atomic E-state index is 0.0279. The van der Waals surface area contributed by atoms with Crippen LogP contribution in [0.15, 0.2) is 64.1 Å². The summed E-state index contributed by atoms with van der Waals surface area (Å²) < 4.78 is 5.90. The lowest BCUT2D eigenvalue weighted by Gasteiger charge is -2.23. The van der Waals surface area contributed by atoms with Gasteiger partial charge in [0.05, 0.1) is 27.0 Å². The monoisotopic (exact) mass is 437 g/mol. The summed E-state index contributed by atoms with van der Waals surface area (Å²) in [5.41, 5.74) is 1.81. The summed E-state index contributed by atoms with van der Waals surface area (Å²) in [7, 11) is 0. The average Bonchev–Trinajstić information content (AvgIpc) is 3.04. The minimum Gasteiger partial charge on any atom is -0.450 e. The molecule has 0 spiro atoms. The van der Waals surface area contributed by atoms with Crippen LogP contribution in [-0.4, -0.2) is 15.9 Å². The van der Waals surface area contributed by atoms with Crippen LogP contribution in [0.2, 0.25) is 10.0 Å². The van der Waals surface area contributed by atoms with Crippen molar-refractivity contribution in [2.75, 3.05) is 4.90 Å². The molecular formula is C22H13Cl2N3O3. The van der Waals surface area contributed by atoms with Crippen molar-refractivity contribution in [1.29, 1.82) is 0 Å². The first kappa shape index (κ1) is 18.8. The Morgan fingerprint density at radius 2 is 1.77 bits per heavy atom. The van der Waals surface area contributed by atoms with Gasteiger partial charge in [0, 0.05) is 12.4 Å². The third-order valence-electron chi connectivity index (χ3n) is 5.05. The zero-order chi connectivity index (χ0) is 21.0. The summed E-state index contributed by atoms with van der Waals surface area (Å²) in [4.78, 5) is 36.6. The van der Waals surface area contributed by atoms with Crippen molar-refractivity contribution in [2.45, 2.75) is 13.0 Å². The highest BCUT2D eigenvalue weighted by atomic mass is 35.5. The first-order valence-corrected chi connectivity index (χ1v) is 9.84. The number of aryl methyl sites for hydroxylation is 1. The van der Waals surface area contributed by atoms with E-state index in [0.29, 0.717) is 26.6 Å². The lowest BCUT2D eigenvalue weighted by atomic mass is 9.98. The van der Waals surface area contributed by atoms with Gasteiger partial charge >= 0.3 is 0 Å². The van der Waals surface area contributed by atoms with E-state index in [9.17, 15) is 9.59 Å². The number of hydrogen-bond acceptors (Lipinski definition) is 5. The van der Waals surface area contributed by atoms with Crippen molar-refractivity contribution < 1.29 is 9.21 Å². The predicted molar refractivity (Wildman–Crippen MR) is 114 cm³/mol. The number of hydrogen-bond donors (Lipinski definition) is 0. The van der Waals surface area contributed by atoms with E-state index in [1.165, 1.54) is 17.3 Å². The molecule has 3 heterocycles. The van der Waals surface area contributed by atoms with Crippen molar-refractivity contribution in [3.63, 3.8) is 0 Å². The molecule has 2 aromatic carbocycles. The van der Waals surface area contributed by atoms with Gasteiger partial charge in [-0.2, -0.15) is 0 Å². The van der Waals surface area contributed by atoms with Gasteiger partial charge in [0.1, 0.15) is 5.58 Å². The van der Waals surface area contributed by atoms with E-state index in [4.69, 9.17) is 27.6 Å². The van der Waals surface area contributed by atoms with Crippen LogP contribution in [0.25, 0.3) is 11.0 Å². The van der Waals surface area contributed by atoms with Gasteiger partial charge in [-0.3, -0.25) is 14.5 Å². The highest BCUT2D eigenvalue weighted by Gasteiger charge is 2.45. The molecule has 1 unspecified atom stereocenters. The molecule has 8 heteroatoms. The Balaban J connectivity index is 1.84. The van der Waals surface area contributed by atoms with Crippen LogP contribution in [0.1, 0.15) is 33.3 Å². The van der Waals surface area contributed by atoms with E-state index in [1.807, 2.05) is 13.0 Å². The van der Waals surface area contributed by atoms with Gasteiger partial charge in [-0.1, -0.05) is 40.9 Å². The van der Waals surface area contributed by atoms with Crippen LogP contribution in [0.4, 0.5) is 5.95 Å². The first-order valence-electron chi connectivity index (χ1n) is 9.08. The molecule has 1 amide bonds. The molecular weight excluding hydrogens is 425 g/mol. The fourth-order valence-electron chi connectivity index (χ4n) is 3.71. The molecule has 0 bridgehead atoms.